The molecule has 6 nitrogen and oxygen atoms in total. The second-order valence-corrected chi connectivity index (χ2v) is 5.67. The minimum absolute atomic E-state index is 0.333. The maximum absolute atomic E-state index is 12.1. The Morgan fingerprint density at radius 2 is 1.67 bits per heavy atom. The summed E-state index contributed by atoms with van der Waals surface area (Å²) in [5, 5.41) is 5.55. The smallest absolute Gasteiger partial charge is 0.319 e. The molecule has 0 radical (unpaired) electrons. The van der Waals surface area contributed by atoms with E-state index in [2.05, 4.69) is 26.6 Å². The molecule has 0 aromatic heterocycles. The summed E-state index contributed by atoms with van der Waals surface area (Å²) in [4.78, 5) is 12.1. The molecule has 0 heterocycles. The van der Waals surface area contributed by atoms with Gasteiger partial charge in [0.1, 0.15) is 0 Å². The molecule has 0 aliphatic heterocycles. The van der Waals surface area contributed by atoms with Crippen LogP contribution < -0.4 is 24.8 Å². The Labute approximate surface area is 149 Å². The van der Waals surface area contributed by atoms with Gasteiger partial charge >= 0.3 is 6.03 Å². The first kappa shape index (κ1) is 17.9. The molecule has 128 valence electrons. The summed E-state index contributed by atoms with van der Waals surface area (Å²) < 4.78 is 16.7. The second-order valence-electron chi connectivity index (χ2n) is 4.81. The highest BCUT2D eigenvalue weighted by Gasteiger charge is 2.14. The van der Waals surface area contributed by atoms with Crippen LogP contribution in [-0.4, -0.2) is 27.4 Å². The fourth-order valence-corrected chi connectivity index (χ4v) is 2.57. The number of hydrogen-bond acceptors (Lipinski definition) is 4. The minimum atomic E-state index is -0.333. The van der Waals surface area contributed by atoms with Crippen LogP contribution in [0.25, 0.3) is 0 Å². The number of nitrogens with one attached hydrogen (secondary N) is 2. The van der Waals surface area contributed by atoms with Crippen molar-refractivity contribution in [2.45, 2.75) is 6.54 Å². The van der Waals surface area contributed by atoms with E-state index in [1.165, 1.54) is 21.3 Å². The van der Waals surface area contributed by atoms with Gasteiger partial charge in [0.05, 0.1) is 27.0 Å². The van der Waals surface area contributed by atoms with Gasteiger partial charge < -0.3 is 24.8 Å². The van der Waals surface area contributed by atoms with Crippen LogP contribution in [-0.2, 0) is 6.54 Å². The standard InChI is InChI=1S/C17H19BrN2O4/c1-22-14-8-12(9-15(23-2)16(14)24-3)20-17(21)19-10-11-6-4-5-7-13(11)18/h4-9H,10H2,1-3H3,(H2,19,20,21). The van der Waals surface area contributed by atoms with Gasteiger partial charge in [0.2, 0.25) is 5.75 Å². The van der Waals surface area contributed by atoms with Crippen LogP contribution in [0.1, 0.15) is 5.56 Å². The fourth-order valence-electron chi connectivity index (χ4n) is 2.15. The van der Waals surface area contributed by atoms with Crippen LogP contribution in [0.5, 0.6) is 17.2 Å². The molecular weight excluding hydrogens is 376 g/mol. The molecule has 24 heavy (non-hydrogen) atoms. The Kier molecular flexibility index (Phi) is 6.31. The first-order valence-electron chi connectivity index (χ1n) is 7.17. The zero-order chi connectivity index (χ0) is 17.5. The molecule has 0 atom stereocenters. The van der Waals surface area contributed by atoms with E-state index in [1.807, 2.05) is 24.3 Å². The summed E-state index contributed by atoms with van der Waals surface area (Å²) in [6.45, 7) is 0.400. The Bertz CT molecular complexity index is 696. The molecule has 0 aliphatic rings. The van der Waals surface area contributed by atoms with Gasteiger partial charge in [-0.25, -0.2) is 4.79 Å². The number of carbonyl (C=O) groups is 1. The van der Waals surface area contributed by atoms with E-state index in [4.69, 9.17) is 14.2 Å². The molecule has 2 aromatic rings. The van der Waals surface area contributed by atoms with Crippen LogP contribution in [0.3, 0.4) is 0 Å². The van der Waals surface area contributed by atoms with Gasteiger partial charge in [0.15, 0.2) is 11.5 Å². The Balaban J connectivity index is 2.07. The van der Waals surface area contributed by atoms with Gasteiger partial charge in [0, 0.05) is 23.2 Å². The number of methoxy groups -OCH3 is 3. The molecule has 2 rings (SSSR count). The van der Waals surface area contributed by atoms with Crippen molar-refractivity contribution in [2.24, 2.45) is 0 Å². The zero-order valence-corrected chi connectivity index (χ0v) is 15.3. The molecule has 0 unspecified atom stereocenters. The Hall–Kier alpha value is -2.41. The summed E-state index contributed by atoms with van der Waals surface area (Å²) >= 11 is 3.45. The maximum Gasteiger partial charge on any atom is 0.319 e. The third kappa shape index (κ3) is 4.32. The molecule has 0 aliphatic carbocycles. The van der Waals surface area contributed by atoms with Crippen molar-refractivity contribution in [2.75, 3.05) is 26.6 Å². The summed E-state index contributed by atoms with van der Waals surface area (Å²) in [7, 11) is 4.57. The van der Waals surface area contributed by atoms with Gasteiger partial charge in [-0.3, -0.25) is 0 Å². The molecule has 0 bridgehead atoms. The normalized spacial score (nSPS) is 10.0. The molecule has 2 aromatic carbocycles. The lowest BCUT2D eigenvalue weighted by Crippen LogP contribution is -2.28. The number of amides is 2. The maximum atomic E-state index is 12.1. The second kappa shape index (κ2) is 8.44. The molecule has 0 spiro atoms. The molecule has 0 fully saturated rings. The highest BCUT2D eigenvalue weighted by atomic mass is 79.9. The van der Waals surface area contributed by atoms with Crippen LogP contribution in [0.15, 0.2) is 40.9 Å². The van der Waals surface area contributed by atoms with Crippen molar-refractivity contribution >= 4 is 27.6 Å². The van der Waals surface area contributed by atoms with Gasteiger partial charge in [-0.1, -0.05) is 34.1 Å². The van der Waals surface area contributed by atoms with Crippen molar-refractivity contribution in [3.63, 3.8) is 0 Å². The summed E-state index contributed by atoms with van der Waals surface area (Å²) in [6.07, 6.45) is 0. The Morgan fingerprint density at radius 3 is 2.21 bits per heavy atom. The van der Waals surface area contributed by atoms with Crippen molar-refractivity contribution < 1.29 is 19.0 Å². The average molecular weight is 395 g/mol. The number of hydrogen-bond donors (Lipinski definition) is 2. The van der Waals surface area contributed by atoms with E-state index in [1.54, 1.807) is 12.1 Å². The van der Waals surface area contributed by atoms with Crippen molar-refractivity contribution in [3.05, 3.63) is 46.4 Å². The van der Waals surface area contributed by atoms with E-state index in [9.17, 15) is 4.79 Å². The fraction of sp³-hybridized carbons (Fsp3) is 0.235. The average Bonchev–Trinajstić information content (AvgIpc) is 2.60. The lowest BCUT2D eigenvalue weighted by Gasteiger charge is -2.15. The topological polar surface area (TPSA) is 68.8 Å². The third-order valence-corrected chi connectivity index (χ3v) is 4.09. The van der Waals surface area contributed by atoms with Gasteiger partial charge in [-0.15, -0.1) is 0 Å². The lowest BCUT2D eigenvalue weighted by atomic mass is 10.2. The lowest BCUT2D eigenvalue weighted by molar-refractivity contribution is 0.251. The first-order valence-corrected chi connectivity index (χ1v) is 7.96. The third-order valence-electron chi connectivity index (χ3n) is 3.32. The van der Waals surface area contributed by atoms with E-state index in [0.29, 0.717) is 29.5 Å². The number of ether oxygens (including phenoxy) is 3. The number of benzene rings is 2. The predicted molar refractivity (Wildman–Crippen MR) is 96.1 cm³/mol. The summed E-state index contributed by atoms with van der Waals surface area (Å²) in [6, 6.07) is 10.7. The number of urea groups is 1. The largest absolute Gasteiger partial charge is 0.493 e. The monoisotopic (exact) mass is 394 g/mol. The molecule has 7 heteroatoms. The van der Waals surface area contributed by atoms with Crippen LogP contribution in [0, 0.1) is 0 Å². The van der Waals surface area contributed by atoms with Gasteiger partial charge in [-0.2, -0.15) is 0 Å². The minimum Gasteiger partial charge on any atom is -0.493 e. The molecule has 2 N–H and O–H groups in total. The van der Waals surface area contributed by atoms with Gasteiger partial charge in [0.25, 0.3) is 0 Å². The van der Waals surface area contributed by atoms with E-state index in [-0.39, 0.29) is 6.03 Å². The quantitative estimate of drug-likeness (QED) is 0.781. The molecule has 2 amide bonds. The van der Waals surface area contributed by atoms with Crippen molar-refractivity contribution in [3.8, 4) is 17.2 Å². The highest BCUT2D eigenvalue weighted by Crippen LogP contribution is 2.39. The summed E-state index contributed by atoms with van der Waals surface area (Å²) in [5.41, 5.74) is 1.52. The number of anilines is 1. The van der Waals surface area contributed by atoms with Crippen molar-refractivity contribution in [1.82, 2.24) is 5.32 Å². The summed E-state index contributed by atoms with van der Waals surface area (Å²) in [5.74, 6) is 1.41. The predicted octanol–water partition coefficient (Wildman–Crippen LogP) is 3.80. The van der Waals surface area contributed by atoms with Gasteiger partial charge in [-0.05, 0) is 11.6 Å². The molecule has 0 saturated heterocycles. The highest BCUT2D eigenvalue weighted by molar-refractivity contribution is 9.10. The van der Waals surface area contributed by atoms with Crippen LogP contribution in [0.4, 0.5) is 10.5 Å². The van der Waals surface area contributed by atoms with Crippen LogP contribution >= 0.6 is 15.9 Å². The zero-order valence-electron chi connectivity index (χ0n) is 13.7. The molecular formula is C17H19BrN2O4. The van der Waals surface area contributed by atoms with Crippen molar-refractivity contribution in [1.29, 1.82) is 0 Å². The van der Waals surface area contributed by atoms with Crippen LogP contribution in [0.2, 0.25) is 0 Å². The Morgan fingerprint density at radius 1 is 1.04 bits per heavy atom. The van der Waals surface area contributed by atoms with E-state index in [0.717, 1.165) is 10.0 Å². The number of carbonyl (C=O) groups excluding carboxylic acids is 1. The van der Waals surface area contributed by atoms with E-state index < -0.39 is 0 Å². The number of halogens is 1. The molecule has 0 saturated carbocycles. The van der Waals surface area contributed by atoms with E-state index >= 15 is 0 Å². The SMILES string of the molecule is COc1cc(NC(=O)NCc2ccccc2Br)cc(OC)c1OC. The number of rotatable bonds is 6. The first-order chi connectivity index (χ1) is 11.6.